The Bertz CT molecular complexity index is 642. The minimum atomic E-state index is -0.534. The molecule has 1 fully saturated rings. The number of carbonyl (C=O) groups is 1. The lowest BCUT2D eigenvalue weighted by Crippen LogP contribution is -2.32. The molecule has 1 heterocycles. The van der Waals surface area contributed by atoms with Crippen LogP contribution < -0.4 is 20.9 Å². The van der Waals surface area contributed by atoms with Crippen molar-refractivity contribution < 1.29 is 13.9 Å². The number of benzene rings is 1. The molecule has 1 aromatic rings. The minimum Gasteiger partial charge on any atom is -0.442 e. The van der Waals surface area contributed by atoms with Crippen LogP contribution in [0.5, 0.6) is 0 Å². The van der Waals surface area contributed by atoms with Crippen molar-refractivity contribution in [3.05, 3.63) is 24.0 Å². The third-order valence-corrected chi connectivity index (χ3v) is 3.68. The molecule has 9 heteroatoms. The van der Waals surface area contributed by atoms with Gasteiger partial charge in [0, 0.05) is 13.1 Å². The molecule has 1 atom stereocenters. The Morgan fingerprint density at radius 1 is 1.67 bits per heavy atom. The van der Waals surface area contributed by atoms with Crippen LogP contribution in [0.4, 0.5) is 20.6 Å². The Kier molecular flexibility index (Phi) is 6.04. The zero-order chi connectivity index (χ0) is 17.7. The maximum Gasteiger partial charge on any atom is 0.414 e. The van der Waals surface area contributed by atoms with Crippen LogP contribution in [-0.4, -0.2) is 49.7 Å². The third-order valence-electron chi connectivity index (χ3n) is 3.53. The number of anilines is 2. The molecule has 0 bridgehead atoms. The number of carbonyl (C=O) groups excluding carboxylic acids is 1. The van der Waals surface area contributed by atoms with Crippen molar-refractivity contribution >= 4 is 41.0 Å². The van der Waals surface area contributed by atoms with Gasteiger partial charge in [-0.2, -0.15) is 0 Å². The molecule has 0 aliphatic carbocycles. The van der Waals surface area contributed by atoms with E-state index in [1.807, 2.05) is 0 Å². The average Bonchev–Trinajstić information content (AvgIpc) is 2.92. The van der Waals surface area contributed by atoms with Crippen molar-refractivity contribution in [2.24, 2.45) is 5.73 Å². The quantitative estimate of drug-likeness (QED) is 0.390. The summed E-state index contributed by atoms with van der Waals surface area (Å²) in [6.45, 7) is 3.09. The highest BCUT2D eigenvalue weighted by molar-refractivity contribution is 7.80. The fourth-order valence-corrected chi connectivity index (χ4v) is 2.47. The van der Waals surface area contributed by atoms with E-state index >= 15 is 0 Å². The number of hydrogen-bond acceptors (Lipinski definition) is 5. The van der Waals surface area contributed by atoms with Gasteiger partial charge in [-0.05, 0) is 25.1 Å². The minimum absolute atomic E-state index is 0.237. The van der Waals surface area contributed by atoms with E-state index in [2.05, 4.69) is 5.32 Å². The van der Waals surface area contributed by atoms with Crippen LogP contribution in [0, 0.1) is 11.2 Å². The predicted octanol–water partition coefficient (Wildman–Crippen LogP) is 1.46. The van der Waals surface area contributed by atoms with Crippen LogP contribution in [0.3, 0.4) is 0 Å². The van der Waals surface area contributed by atoms with Crippen LogP contribution >= 0.6 is 12.2 Å². The van der Waals surface area contributed by atoms with Crippen molar-refractivity contribution in [3.8, 4) is 0 Å². The first-order valence-electron chi connectivity index (χ1n) is 7.45. The second-order valence-electron chi connectivity index (χ2n) is 5.30. The molecule has 0 aromatic heterocycles. The van der Waals surface area contributed by atoms with Crippen molar-refractivity contribution in [2.45, 2.75) is 13.0 Å². The SMILES string of the molecule is CC(=S)NCC1CN(c2ccc(N(C=N)CCN)c(F)c2)C(=O)O1. The summed E-state index contributed by atoms with van der Waals surface area (Å²) in [5.41, 5.74) is 6.09. The highest BCUT2D eigenvalue weighted by atomic mass is 32.1. The van der Waals surface area contributed by atoms with Gasteiger partial charge in [-0.1, -0.05) is 12.2 Å². The Labute approximate surface area is 145 Å². The first-order valence-corrected chi connectivity index (χ1v) is 7.86. The van der Waals surface area contributed by atoms with E-state index in [4.69, 9.17) is 28.1 Å². The topological polar surface area (TPSA) is 94.7 Å². The lowest BCUT2D eigenvalue weighted by molar-refractivity contribution is 0.143. The molecule has 1 saturated heterocycles. The molecule has 1 aliphatic heterocycles. The number of ether oxygens (including phenoxy) is 1. The molecule has 1 unspecified atom stereocenters. The number of nitrogens with two attached hydrogens (primary N) is 1. The van der Waals surface area contributed by atoms with Gasteiger partial charge in [-0.3, -0.25) is 10.3 Å². The zero-order valence-corrected chi connectivity index (χ0v) is 14.1. The Hall–Kier alpha value is -2.26. The summed E-state index contributed by atoms with van der Waals surface area (Å²) in [6.07, 6.45) is 0.139. The van der Waals surface area contributed by atoms with Gasteiger partial charge in [-0.15, -0.1) is 0 Å². The molecule has 1 aliphatic rings. The number of nitrogens with one attached hydrogen (secondary N) is 2. The first kappa shape index (κ1) is 18.1. The molecule has 0 radical (unpaired) electrons. The molecule has 4 N–H and O–H groups in total. The second-order valence-corrected chi connectivity index (χ2v) is 5.91. The van der Waals surface area contributed by atoms with Gasteiger partial charge < -0.3 is 20.7 Å². The number of nitrogens with zero attached hydrogens (tertiary/aromatic N) is 2. The standard InChI is InChI=1S/C15H20FN5O2S/c1-10(24)19-7-12-8-21(15(22)23-12)11-2-3-14(13(16)6-11)20(9-18)5-4-17/h2-3,6,9,12,18H,4-5,7-8,17H2,1H3,(H,19,24). The van der Waals surface area contributed by atoms with Crippen LogP contribution in [0.15, 0.2) is 18.2 Å². The van der Waals surface area contributed by atoms with E-state index in [-0.39, 0.29) is 11.8 Å². The summed E-state index contributed by atoms with van der Waals surface area (Å²) in [6, 6.07) is 4.39. The predicted molar refractivity (Wildman–Crippen MR) is 95.5 cm³/mol. The second kappa shape index (κ2) is 8.02. The number of thiocarbonyl (C=S) groups is 1. The molecule has 0 spiro atoms. The first-order chi connectivity index (χ1) is 11.5. The van der Waals surface area contributed by atoms with Crippen LogP contribution in [-0.2, 0) is 4.74 Å². The highest BCUT2D eigenvalue weighted by Gasteiger charge is 2.32. The largest absolute Gasteiger partial charge is 0.442 e. The number of hydrogen-bond donors (Lipinski definition) is 3. The van der Waals surface area contributed by atoms with Gasteiger partial charge in [0.1, 0.15) is 11.9 Å². The molecule has 7 nitrogen and oxygen atoms in total. The summed E-state index contributed by atoms with van der Waals surface area (Å²) in [7, 11) is 0. The highest BCUT2D eigenvalue weighted by Crippen LogP contribution is 2.27. The van der Waals surface area contributed by atoms with Gasteiger partial charge in [0.2, 0.25) is 0 Å². The van der Waals surface area contributed by atoms with Gasteiger partial charge in [-0.25, -0.2) is 9.18 Å². The summed E-state index contributed by atoms with van der Waals surface area (Å²) in [5.74, 6) is -0.534. The van der Waals surface area contributed by atoms with Gasteiger partial charge in [0.05, 0.1) is 35.8 Å². The van der Waals surface area contributed by atoms with Gasteiger partial charge >= 0.3 is 6.09 Å². The summed E-state index contributed by atoms with van der Waals surface area (Å²) < 4.78 is 19.6. The molecule has 130 valence electrons. The smallest absolute Gasteiger partial charge is 0.414 e. The molecule has 2 rings (SSSR count). The van der Waals surface area contributed by atoms with Crippen molar-refractivity contribution in [1.29, 1.82) is 5.41 Å². The zero-order valence-electron chi connectivity index (χ0n) is 13.3. The van der Waals surface area contributed by atoms with Crippen molar-refractivity contribution in [1.82, 2.24) is 5.32 Å². The van der Waals surface area contributed by atoms with E-state index in [9.17, 15) is 9.18 Å². The van der Waals surface area contributed by atoms with E-state index < -0.39 is 11.9 Å². The van der Waals surface area contributed by atoms with Gasteiger partial charge in [0.15, 0.2) is 0 Å². The lowest BCUT2D eigenvalue weighted by atomic mass is 10.2. The molecular weight excluding hydrogens is 333 g/mol. The van der Waals surface area contributed by atoms with E-state index in [0.29, 0.717) is 36.9 Å². The van der Waals surface area contributed by atoms with Crippen LogP contribution in [0.2, 0.25) is 0 Å². The molecule has 0 saturated carbocycles. The van der Waals surface area contributed by atoms with Crippen LogP contribution in [0.1, 0.15) is 6.92 Å². The summed E-state index contributed by atoms with van der Waals surface area (Å²) in [4.78, 5) is 15.4. The van der Waals surface area contributed by atoms with Crippen LogP contribution in [0.25, 0.3) is 0 Å². The number of halogens is 1. The number of cyclic esters (lactones) is 1. The maximum absolute atomic E-state index is 14.3. The molecular formula is C15H20FN5O2S. The normalized spacial score (nSPS) is 16.7. The van der Waals surface area contributed by atoms with E-state index in [1.165, 1.54) is 21.9 Å². The third kappa shape index (κ3) is 4.18. The monoisotopic (exact) mass is 353 g/mol. The Morgan fingerprint density at radius 2 is 2.42 bits per heavy atom. The molecule has 1 amide bonds. The summed E-state index contributed by atoms with van der Waals surface area (Å²) in [5, 5.41) is 10.3. The fraction of sp³-hybridized carbons (Fsp3) is 0.400. The lowest BCUT2D eigenvalue weighted by Gasteiger charge is -2.20. The number of rotatable bonds is 7. The Balaban J connectivity index is 2.12. The summed E-state index contributed by atoms with van der Waals surface area (Å²) >= 11 is 4.92. The van der Waals surface area contributed by atoms with E-state index in [1.54, 1.807) is 13.0 Å². The number of amides is 1. The maximum atomic E-state index is 14.3. The van der Waals surface area contributed by atoms with E-state index in [0.717, 1.165) is 6.34 Å². The fourth-order valence-electron chi connectivity index (χ4n) is 2.39. The van der Waals surface area contributed by atoms with Gasteiger partial charge in [0.25, 0.3) is 0 Å². The average molecular weight is 353 g/mol. The Morgan fingerprint density at radius 3 is 3.00 bits per heavy atom. The molecule has 1 aromatic carbocycles. The van der Waals surface area contributed by atoms with Crippen molar-refractivity contribution in [2.75, 3.05) is 36.0 Å². The van der Waals surface area contributed by atoms with Crippen molar-refractivity contribution in [3.63, 3.8) is 0 Å². The molecule has 24 heavy (non-hydrogen) atoms.